The molecule has 0 saturated carbocycles. The van der Waals surface area contributed by atoms with E-state index >= 15 is 0 Å². The summed E-state index contributed by atoms with van der Waals surface area (Å²) in [6.07, 6.45) is 5.72. The first kappa shape index (κ1) is 24.9. The van der Waals surface area contributed by atoms with Crippen molar-refractivity contribution in [3.8, 4) is 0 Å². The number of carboxylic acids is 1. The molecule has 3 aliphatic rings. The van der Waals surface area contributed by atoms with Crippen molar-refractivity contribution in [1.29, 1.82) is 0 Å². The third-order valence-corrected chi connectivity index (χ3v) is 7.71. The Morgan fingerprint density at radius 3 is 2.47 bits per heavy atom. The van der Waals surface area contributed by atoms with E-state index in [2.05, 4.69) is 45.0 Å². The molecule has 2 unspecified atom stereocenters. The maximum Gasteiger partial charge on any atom is 0.411 e. The number of carbonyl (C=O) groups is 2. The fourth-order valence-corrected chi connectivity index (χ4v) is 5.67. The molecule has 3 heterocycles. The van der Waals surface area contributed by atoms with Gasteiger partial charge in [0.15, 0.2) is 6.23 Å². The number of hydrogen-bond acceptors (Lipinski definition) is 6. The lowest BCUT2D eigenvalue weighted by atomic mass is 9.90. The summed E-state index contributed by atoms with van der Waals surface area (Å²) >= 11 is 0. The molecule has 3 saturated heterocycles. The van der Waals surface area contributed by atoms with E-state index in [1.165, 1.54) is 37.9 Å². The molecule has 8 heteroatoms. The predicted octanol–water partition coefficient (Wildman–Crippen LogP) is 2.94. The Morgan fingerprint density at radius 1 is 1.03 bits per heavy atom. The Hall–Kier alpha value is -2.16. The van der Waals surface area contributed by atoms with Gasteiger partial charge >= 0.3 is 12.1 Å². The van der Waals surface area contributed by atoms with Crippen molar-refractivity contribution in [3.63, 3.8) is 0 Å². The zero-order valence-corrected chi connectivity index (χ0v) is 20.5. The molecule has 1 aromatic carbocycles. The molecule has 1 amide bonds. The molecule has 3 fully saturated rings. The summed E-state index contributed by atoms with van der Waals surface area (Å²) in [6.45, 7) is 7.06. The Bertz CT molecular complexity index is 799. The van der Waals surface area contributed by atoms with Crippen LogP contribution in [0.25, 0.3) is 0 Å². The summed E-state index contributed by atoms with van der Waals surface area (Å²) in [5.74, 6) is 0.0338. The van der Waals surface area contributed by atoms with Gasteiger partial charge < -0.3 is 14.7 Å². The van der Waals surface area contributed by atoms with Crippen LogP contribution in [-0.4, -0.2) is 102 Å². The van der Waals surface area contributed by atoms with Crippen LogP contribution in [0.1, 0.15) is 44.1 Å². The second-order valence-electron chi connectivity index (χ2n) is 10.2. The summed E-state index contributed by atoms with van der Waals surface area (Å²) in [4.78, 5) is 31.8. The van der Waals surface area contributed by atoms with Crippen molar-refractivity contribution in [1.82, 2.24) is 19.6 Å². The first-order valence-corrected chi connectivity index (χ1v) is 12.9. The number of likely N-dealkylation sites (N-methyl/N-ethyl adjacent to an activating group) is 1. The highest BCUT2D eigenvalue weighted by atomic mass is 16.6. The van der Waals surface area contributed by atoms with Gasteiger partial charge in [-0.15, -0.1) is 0 Å². The number of hydrogen-bond donors (Lipinski definition) is 1. The topological polar surface area (TPSA) is 76.6 Å². The van der Waals surface area contributed by atoms with Crippen LogP contribution in [0.5, 0.6) is 0 Å². The molecule has 1 aromatic rings. The first-order chi connectivity index (χ1) is 16.5. The van der Waals surface area contributed by atoms with Gasteiger partial charge in [0, 0.05) is 45.8 Å². The van der Waals surface area contributed by atoms with E-state index in [0.29, 0.717) is 19.1 Å². The smallest absolute Gasteiger partial charge is 0.411 e. The van der Waals surface area contributed by atoms with Crippen LogP contribution in [0, 0.1) is 5.92 Å². The van der Waals surface area contributed by atoms with Crippen LogP contribution < -0.4 is 0 Å². The molecule has 0 aliphatic carbocycles. The maximum absolute atomic E-state index is 11.9. The van der Waals surface area contributed by atoms with Crippen LogP contribution in [-0.2, 0) is 16.1 Å². The van der Waals surface area contributed by atoms with Gasteiger partial charge in [-0.25, -0.2) is 4.79 Å². The van der Waals surface area contributed by atoms with E-state index in [0.717, 1.165) is 44.9 Å². The molecular formula is C26H40N4O4. The second-order valence-corrected chi connectivity index (χ2v) is 10.2. The number of piperazine rings is 1. The third kappa shape index (κ3) is 6.93. The predicted molar refractivity (Wildman–Crippen MR) is 130 cm³/mol. The van der Waals surface area contributed by atoms with Crippen molar-refractivity contribution in [2.24, 2.45) is 5.92 Å². The minimum atomic E-state index is -0.746. The van der Waals surface area contributed by atoms with Crippen LogP contribution in [0.3, 0.4) is 0 Å². The average molecular weight is 473 g/mol. The van der Waals surface area contributed by atoms with Gasteiger partial charge in [0.1, 0.15) is 0 Å². The monoisotopic (exact) mass is 472 g/mol. The van der Waals surface area contributed by atoms with E-state index in [1.807, 2.05) is 0 Å². The number of amides is 1. The minimum Gasteiger partial charge on any atom is -0.481 e. The second kappa shape index (κ2) is 12.0. The van der Waals surface area contributed by atoms with Crippen molar-refractivity contribution in [2.75, 3.05) is 52.9 Å². The largest absolute Gasteiger partial charge is 0.481 e. The van der Waals surface area contributed by atoms with Gasteiger partial charge in [-0.3, -0.25) is 19.5 Å². The lowest BCUT2D eigenvalue weighted by Gasteiger charge is -2.43. The Kier molecular flexibility index (Phi) is 8.80. The quantitative estimate of drug-likeness (QED) is 0.561. The molecule has 4 rings (SSSR count). The number of nitrogens with zero attached hydrogens (tertiary/aromatic N) is 4. The number of rotatable bonds is 10. The zero-order chi connectivity index (χ0) is 23.9. The minimum absolute atomic E-state index is 0.176. The first-order valence-electron chi connectivity index (χ1n) is 12.9. The number of carbonyl (C=O) groups excluding carboxylic acids is 1. The Morgan fingerprint density at radius 2 is 1.79 bits per heavy atom. The zero-order valence-electron chi connectivity index (χ0n) is 20.5. The summed E-state index contributed by atoms with van der Waals surface area (Å²) in [5, 5.41) is 9.08. The highest BCUT2D eigenvalue weighted by Gasteiger charge is 2.39. The number of piperidine rings is 1. The van der Waals surface area contributed by atoms with Crippen molar-refractivity contribution in [2.45, 2.75) is 57.3 Å². The summed E-state index contributed by atoms with van der Waals surface area (Å²) < 4.78 is 5.63. The van der Waals surface area contributed by atoms with Gasteiger partial charge in [-0.05, 0) is 43.8 Å². The number of carboxylic acid groups (broad SMARTS) is 1. The highest BCUT2D eigenvalue weighted by molar-refractivity contribution is 5.69. The van der Waals surface area contributed by atoms with Crippen molar-refractivity contribution in [3.05, 3.63) is 35.9 Å². The van der Waals surface area contributed by atoms with Crippen LogP contribution >= 0.6 is 0 Å². The molecular weight excluding hydrogens is 432 g/mol. The molecule has 8 nitrogen and oxygen atoms in total. The molecule has 0 radical (unpaired) electrons. The average Bonchev–Trinajstić information content (AvgIpc) is 3.17. The normalized spacial score (nSPS) is 25.6. The fourth-order valence-electron chi connectivity index (χ4n) is 5.67. The van der Waals surface area contributed by atoms with E-state index in [4.69, 9.17) is 9.84 Å². The number of cyclic esters (lactones) is 1. The maximum atomic E-state index is 11.9. The summed E-state index contributed by atoms with van der Waals surface area (Å²) in [6, 6.07) is 11.0. The van der Waals surface area contributed by atoms with E-state index in [-0.39, 0.29) is 18.7 Å². The molecule has 188 valence electrons. The van der Waals surface area contributed by atoms with Gasteiger partial charge in [0.25, 0.3) is 0 Å². The van der Waals surface area contributed by atoms with Crippen LogP contribution in [0.15, 0.2) is 30.3 Å². The fraction of sp³-hybridized carbons (Fsp3) is 0.692. The number of benzene rings is 1. The summed E-state index contributed by atoms with van der Waals surface area (Å²) in [5.41, 5.74) is 1.39. The van der Waals surface area contributed by atoms with Gasteiger partial charge in [0.05, 0.1) is 13.0 Å². The standard InChI is InChI=1S/C26H40N4O4/c1-27-20-24(34-26(27)33)30-17-16-29(15-12-25(31)32)19-23(30)9-5-8-21-10-13-28(14-11-21)18-22-6-3-2-4-7-22/h2-4,6-7,21,23-24H,5,8-20H2,1H3,(H,31,32). The Balaban J connectivity index is 1.24. The SMILES string of the molecule is CN1CC(N2CCN(CCC(=O)O)CC2CCCC2CCN(Cc3ccccc3)CC2)OC1=O. The molecule has 3 aliphatic heterocycles. The molecule has 0 aromatic heterocycles. The van der Waals surface area contributed by atoms with Gasteiger partial charge in [0.2, 0.25) is 0 Å². The lowest BCUT2D eigenvalue weighted by Crippen LogP contribution is -2.57. The van der Waals surface area contributed by atoms with E-state index < -0.39 is 5.97 Å². The molecule has 0 bridgehead atoms. The highest BCUT2D eigenvalue weighted by Crippen LogP contribution is 2.27. The number of aliphatic carboxylic acids is 1. The molecule has 2 atom stereocenters. The lowest BCUT2D eigenvalue weighted by molar-refractivity contribution is -0.137. The summed E-state index contributed by atoms with van der Waals surface area (Å²) in [7, 11) is 1.78. The number of likely N-dealkylation sites (tertiary alicyclic amines) is 1. The van der Waals surface area contributed by atoms with E-state index in [9.17, 15) is 9.59 Å². The third-order valence-electron chi connectivity index (χ3n) is 7.71. The Labute approximate surface area is 203 Å². The molecule has 0 spiro atoms. The van der Waals surface area contributed by atoms with Crippen molar-refractivity contribution < 1.29 is 19.4 Å². The molecule has 1 N–H and O–H groups in total. The molecule has 34 heavy (non-hydrogen) atoms. The van der Waals surface area contributed by atoms with Crippen LogP contribution in [0.2, 0.25) is 0 Å². The van der Waals surface area contributed by atoms with Crippen LogP contribution in [0.4, 0.5) is 4.79 Å². The number of ether oxygens (including phenoxy) is 1. The van der Waals surface area contributed by atoms with Gasteiger partial charge in [-0.2, -0.15) is 0 Å². The van der Waals surface area contributed by atoms with Crippen molar-refractivity contribution >= 4 is 12.1 Å². The van der Waals surface area contributed by atoms with E-state index in [1.54, 1.807) is 11.9 Å². The van der Waals surface area contributed by atoms with Gasteiger partial charge in [-0.1, -0.05) is 43.2 Å².